The predicted molar refractivity (Wildman–Crippen MR) is 135 cm³/mol. The Morgan fingerprint density at radius 3 is 2.24 bits per heavy atom. The summed E-state index contributed by atoms with van der Waals surface area (Å²) in [5.74, 6) is -0.645. The molecular weight excluding hydrogens is 474 g/mol. The number of nitrogens with zero attached hydrogens (tertiary/aromatic N) is 2. The lowest BCUT2D eigenvalue weighted by atomic mass is 10.1. The van der Waals surface area contributed by atoms with Gasteiger partial charge in [0.25, 0.3) is 0 Å². The molecule has 0 heterocycles. The fraction of sp³-hybridized carbons (Fsp3) is 0.440. The molecule has 3 rings (SSSR count). The quantitative estimate of drug-likeness (QED) is 0.529. The molecule has 9 heteroatoms. The number of sulfonamides is 1. The molecule has 0 unspecified atom stereocenters. The number of nitrogens with one attached hydrogen (secondary N) is 1. The Balaban J connectivity index is 1.89. The first-order chi connectivity index (χ1) is 16.2. The number of hydrogen-bond donors (Lipinski definition) is 1. The topological polar surface area (TPSA) is 86.8 Å². The standard InChI is InChI=1S/C25H32ClN3O4S/c1-3-23(25(31)27-21-11-7-8-12-21)28(17-19-9-5-4-6-10-19)24(30)18-29(34(2,32)33)22-15-13-20(26)14-16-22/h4-6,9-10,13-16,21,23H,3,7-8,11-12,17-18H2,1-2H3,(H,27,31)/t23-/m1/s1. The lowest BCUT2D eigenvalue weighted by Gasteiger charge is -2.33. The van der Waals surface area contributed by atoms with Crippen molar-refractivity contribution in [1.29, 1.82) is 0 Å². The Bertz CT molecular complexity index is 1070. The monoisotopic (exact) mass is 505 g/mol. The van der Waals surface area contributed by atoms with Crippen LogP contribution in [0.25, 0.3) is 0 Å². The van der Waals surface area contributed by atoms with Gasteiger partial charge >= 0.3 is 0 Å². The first kappa shape index (κ1) is 26.0. The molecule has 0 aliphatic heterocycles. The highest BCUT2D eigenvalue weighted by atomic mass is 35.5. The van der Waals surface area contributed by atoms with Crippen LogP contribution in [-0.4, -0.2) is 50.0 Å². The van der Waals surface area contributed by atoms with E-state index in [1.54, 1.807) is 24.3 Å². The van der Waals surface area contributed by atoms with Gasteiger partial charge < -0.3 is 10.2 Å². The van der Waals surface area contributed by atoms with Crippen LogP contribution in [-0.2, 0) is 26.2 Å². The summed E-state index contributed by atoms with van der Waals surface area (Å²) >= 11 is 5.95. The third kappa shape index (κ3) is 6.96. The minimum atomic E-state index is -3.76. The molecule has 0 bridgehead atoms. The third-order valence-corrected chi connectivity index (χ3v) is 7.47. The van der Waals surface area contributed by atoms with E-state index in [0.29, 0.717) is 17.1 Å². The molecule has 2 aromatic carbocycles. The van der Waals surface area contributed by atoms with Crippen LogP contribution in [0.3, 0.4) is 0 Å². The fourth-order valence-electron chi connectivity index (χ4n) is 4.29. The number of benzene rings is 2. The van der Waals surface area contributed by atoms with E-state index in [1.807, 2.05) is 37.3 Å². The number of anilines is 1. The first-order valence-electron chi connectivity index (χ1n) is 11.6. The maximum Gasteiger partial charge on any atom is 0.244 e. The molecule has 0 saturated heterocycles. The van der Waals surface area contributed by atoms with Crippen LogP contribution in [0.2, 0.25) is 5.02 Å². The SMILES string of the molecule is CC[C@H](C(=O)NC1CCCC1)N(Cc1ccccc1)C(=O)CN(c1ccc(Cl)cc1)S(C)(=O)=O. The first-order valence-corrected chi connectivity index (χ1v) is 13.8. The van der Waals surface area contributed by atoms with Crippen molar-refractivity contribution in [1.82, 2.24) is 10.2 Å². The second kappa shape index (κ2) is 11.7. The van der Waals surface area contributed by atoms with Crippen molar-refractivity contribution in [2.45, 2.75) is 57.7 Å². The van der Waals surface area contributed by atoms with Gasteiger partial charge in [0.1, 0.15) is 12.6 Å². The molecule has 34 heavy (non-hydrogen) atoms. The maximum absolute atomic E-state index is 13.6. The van der Waals surface area contributed by atoms with Gasteiger partial charge in [-0.3, -0.25) is 13.9 Å². The van der Waals surface area contributed by atoms with Crippen molar-refractivity contribution in [2.75, 3.05) is 17.1 Å². The number of amides is 2. The predicted octanol–water partition coefficient (Wildman–Crippen LogP) is 3.97. The molecule has 1 aliphatic rings. The number of rotatable bonds is 10. The molecule has 2 amide bonds. The number of hydrogen-bond acceptors (Lipinski definition) is 4. The molecule has 184 valence electrons. The second-order valence-corrected chi connectivity index (χ2v) is 11.0. The van der Waals surface area contributed by atoms with Gasteiger partial charge in [-0.25, -0.2) is 8.42 Å². The van der Waals surface area contributed by atoms with E-state index in [9.17, 15) is 18.0 Å². The number of carbonyl (C=O) groups excluding carboxylic acids is 2. The van der Waals surface area contributed by atoms with Gasteiger partial charge in [-0.15, -0.1) is 0 Å². The van der Waals surface area contributed by atoms with Crippen LogP contribution in [0.1, 0.15) is 44.6 Å². The highest BCUT2D eigenvalue weighted by molar-refractivity contribution is 7.92. The number of halogens is 1. The summed E-state index contributed by atoms with van der Waals surface area (Å²) in [5, 5.41) is 3.56. The van der Waals surface area contributed by atoms with E-state index in [2.05, 4.69) is 5.32 Å². The third-order valence-electron chi connectivity index (χ3n) is 6.08. The Hall–Kier alpha value is -2.58. The summed E-state index contributed by atoms with van der Waals surface area (Å²) in [7, 11) is -3.76. The molecule has 1 aliphatic carbocycles. The second-order valence-electron chi connectivity index (χ2n) is 8.67. The van der Waals surface area contributed by atoms with Gasteiger partial charge in [-0.2, -0.15) is 0 Å². The average Bonchev–Trinajstić information content (AvgIpc) is 3.31. The van der Waals surface area contributed by atoms with E-state index >= 15 is 0 Å². The zero-order chi connectivity index (χ0) is 24.7. The molecule has 0 aromatic heterocycles. The zero-order valence-corrected chi connectivity index (χ0v) is 21.2. The van der Waals surface area contributed by atoms with Crippen LogP contribution in [0.5, 0.6) is 0 Å². The Labute approximate surface area is 207 Å². The highest BCUT2D eigenvalue weighted by Crippen LogP contribution is 2.22. The molecule has 7 nitrogen and oxygen atoms in total. The van der Waals surface area contributed by atoms with Gasteiger partial charge in [0.2, 0.25) is 21.8 Å². The summed E-state index contributed by atoms with van der Waals surface area (Å²) in [5.41, 5.74) is 1.20. The van der Waals surface area contributed by atoms with E-state index in [1.165, 1.54) is 4.90 Å². The Morgan fingerprint density at radius 2 is 1.68 bits per heavy atom. The van der Waals surface area contributed by atoms with Crippen LogP contribution < -0.4 is 9.62 Å². The van der Waals surface area contributed by atoms with E-state index in [4.69, 9.17) is 11.6 Å². The van der Waals surface area contributed by atoms with Crippen molar-refractivity contribution in [3.63, 3.8) is 0 Å². The van der Waals surface area contributed by atoms with Crippen LogP contribution in [0.4, 0.5) is 5.69 Å². The minimum absolute atomic E-state index is 0.122. The number of carbonyl (C=O) groups is 2. The maximum atomic E-state index is 13.6. The fourth-order valence-corrected chi connectivity index (χ4v) is 5.26. The summed E-state index contributed by atoms with van der Waals surface area (Å²) in [4.78, 5) is 28.3. The summed E-state index contributed by atoms with van der Waals surface area (Å²) in [6.45, 7) is 1.65. The summed E-state index contributed by atoms with van der Waals surface area (Å²) in [6.07, 6.45) is 5.51. The molecule has 1 fully saturated rings. The normalized spacial score (nSPS) is 15.0. The minimum Gasteiger partial charge on any atom is -0.352 e. The van der Waals surface area contributed by atoms with Crippen molar-refractivity contribution in [3.8, 4) is 0 Å². The smallest absolute Gasteiger partial charge is 0.244 e. The molecule has 1 N–H and O–H groups in total. The molecular formula is C25H32ClN3O4S. The van der Waals surface area contributed by atoms with Crippen LogP contribution in [0.15, 0.2) is 54.6 Å². The summed E-state index contributed by atoms with van der Waals surface area (Å²) < 4.78 is 26.2. The molecule has 1 saturated carbocycles. The lowest BCUT2D eigenvalue weighted by molar-refractivity contribution is -0.140. The van der Waals surface area contributed by atoms with Crippen molar-refractivity contribution < 1.29 is 18.0 Å². The summed E-state index contributed by atoms with van der Waals surface area (Å²) in [6, 6.07) is 15.1. The van der Waals surface area contributed by atoms with Crippen molar-refractivity contribution >= 4 is 39.1 Å². The van der Waals surface area contributed by atoms with Crippen molar-refractivity contribution in [3.05, 3.63) is 65.2 Å². The van der Waals surface area contributed by atoms with Gasteiger partial charge in [0.05, 0.1) is 11.9 Å². The lowest BCUT2D eigenvalue weighted by Crippen LogP contribution is -2.53. The van der Waals surface area contributed by atoms with Gasteiger partial charge in [-0.05, 0) is 49.1 Å². The average molecular weight is 506 g/mol. The molecule has 1 atom stereocenters. The highest BCUT2D eigenvalue weighted by Gasteiger charge is 2.32. The molecule has 0 radical (unpaired) electrons. The molecule has 2 aromatic rings. The van der Waals surface area contributed by atoms with E-state index < -0.39 is 28.5 Å². The van der Waals surface area contributed by atoms with Crippen molar-refractivity contribution in [2.24, 2.45) is 0 Å². The van der Waals surface area contributed by atoms with Crippen LogP contribution in [0, 0.1) is 0 Å². The van der Waals surface area contributed by atoms with E-state index in [0.717, 1.165) is 41.8 Å². The van der Waals surface area contributed by atoms with Crippen LogP contribution >= 0.6 is 11.6 Å². The van der Waals surface area contributed by atoms with Gasteiger partial charge in [0.15, 0.2) is 0 Å². The Kier molecular flexibility index (Phi) is 8.97. The molecule has 0 spiro atoms. The zero-order valence-electron chi connectivity index (χ0n) is 19.6. The largest absolute Gasteiger partial charge is 0.352 e. The van der Waals surface area contributed by atoms with E-state index in [-0.39, 0.29) is 18.5 Å². The van der Waals surface area contributed by atoms with Gasteiger partial charge in [0, 0.05) is 17.6 Å². The van der Waals surface area contributed by atoms with Gasteiger partial charge in [-0.1, -0.05) is 61.7 Å². The Morgan fingerprint density at radius 1 is 1.06 bits per heavy atom.